The minimum Gasteiger partial charge on any atom is -0.455 e. The van der Waals surface area contributed by atoms with E-state index in [1.807, 2.05) is 12.1 Å². The van der Waals surface area contributed by atoms with E-state index < -0.39 is 15.8 Å². The molecule has 7 nitrogen and oxygen atoms in total. The molecule has 0 aliphatic rings. The van der Waals surface area contributed by atoms with Crippen LogP contribution in [-0.2, 0) is 10.0 Å². The second-order valence-electron chi connectivity index (χ2n) is 5.45. The Bertz CT molecular complexity index is 1210. The number of nitrogens with one attached hydrogen (secondary N) is 1. The van der Waals surface area contributed by atoms with Gasteiger partial charge in [0.05, 0.1) is 22.2 Å². The smallest absolute Gasteiger partial charge is 0.263 e. The quantitative estimate of drug-likeness (QED) is 0.707. The summed E-state index contributed by atoms with van der Waals surface area (Å²) in [6, 6.07) is 16.2. The number of sulfonamides is 1. The Labute approximate surface area is 160 Å². The average molecular weight is 394 g/mol. The first kappa shape index (κ1) is 18.8. The Hall–Kier alpha value is -3.95. The fraction of sp³-hybridized carbons (Fsp3) is 0. The third-order valence-corrected chi connectivity index (χ3v) is 4.93. The van der Waals surface area contributed by atoms with Gasteiger partial charge in [0.25, 0.3) is 10.0 Å². The normalized spacial score (nSPS) is 10.5. The van der Waals surface area contributed by atoms with Crippen LogP contribution in [0.25, 0.3) is 0 Å². The lowest BCUT2D eigenvalue weighted by molar-refractivity contribution is 0.479. The molecule has 0 aliphatic heterocycles. The summed E-state index contributed by atoms with van der Waals surface area (Å²) in [7, 11) is -4.06. The number of nitrogens with zero attached hydrogens (tertiary/aromatic N) is 3. The largest absolute Gasteiger partial charge is 0.455 e. The Morgan fingerprint density at radius 3 is 2.36 bits per heavy atom. The van der Waals surface area contributed by atoms with E-state index in [0.29, 0.717) is 0 Å². The van der Waals surface area contributed by atoms with Gasteiger partial charge in [0, 0.05) is 0 Å². The number of benzene rings is 2. The second-order valence-corrected chi connectivity index (χ2v) is 7.13. The van der Waals surface area contributed by atoms with Crippen LogP contribution in [0, 0.1) is 28.5 Å². The van der Waals surface area contributed by atoms with Crippen LogP contribution >= 0.6 is 0 Å². The fourth-order valence-electron chi connectivity index (χ4n) is 2.25. The van der Waals surface area contributed by atoms with Crippen molar-refractivity contribution in [1.29, 1.82) is 10.5 Å². The SMILES string of the molecule is N#Cc1ccccc1Oc1ccc(S(=O)(=O)Nc2ccc(F)cn2)cc1C#N. The molecule has 0 saturated carbocycles. The van der Waals surface area contributed by atoms with Crippen molar-refractivity contribution < 1.29 is 17.5 Å². The monoisotopic (exact) mass is 394 g/mol. The fourth-order valence-corrected chi connectivity index (χ4v) is 3.29. The third-order valence-electron chi connectivity index (χ3n) is 3.58. The molecule has 1 N–H and O–H groups in total. The molecular formula is C19H11FN4O3S. The Kier molecular flexibility index (Phi) is 5.21. The van der Waals surface area contributed by atoms with Gasteiger partial charge in [-0.05, 0) is 42.5 Å². The zero-order chi connectivity index (χ0) is 20.1. The molecule has 0 fully saturated rings. The molecule has 2 aromatic carbocycles. The number of hydrogen-bond acceptors (Lipinski definition) is 6. The molecule has 0 spiro atoms. The molecule has 1 heterocycles. The van der Waals surface area contributed by atoms with Crippen LogP contribution in [0.1, 0.15) is 11.1 Å². The standard InChI is InChI=1S/C19H11FN4O3S/c20-15-5-8-19(23-12-15)24-28(25,26)16-6-7-18(14(9-16)11-22)27-17-4-2-1-3-13(17)10-21/h1-9,12H,(H,23,24). The third kappa shape index (κ3) is 4.06. The van der Waals surface area contributed by atoms with Crippen molar-refractivity contribution in [2.45, 2.75) is 4.90 Å². The van der Waals surface area contributed by atoms with E-state index >= 15 is 0 Å². The Morgan fingerprint density at radius 1 is 0.964 bits per heavy atom. The van der Waals surface area contributed by atoms with Gasteiger partial charge in [-0.2, -0.15) is 10.5 Å². The van der Waals surface area contributed by atoms with Crippen LogP contribution < -0.4 is 9.46 Å². The first-order chi connectivity index (χ1) is 13.4. The van der Waals surface area contributed by atoms with Gasteiger partial charge in [-0.15, -0.1) is 0 Å². The predicted octanol–water partition coefficient (Wildman–Crippen LogP) is 3.56. The molecule has 138 valence electrons. The summed E-state index contributed by atoms with van der Waals surface area (Å²) < 4.78 is 45.7. The molecule has 28 heavy (non-hydrogen) atoms. The first-order valence-corrected chi connectivity index (χ1v) is 9.27. The number of hydrogen-bond donors (Lipinski definition) is 1. The molecule has 9 heteroatoms. The number of pyridine rings is 1. The average Bonchev–Trinajstić information content (AvgIpc) is 2.70. The van der Waals surface area contributed by atoms with Gasteiger partial charge >= 0.3 is 0 Å². The highest BCUT2D eigenvalue weighted by Gasteiger charge is 2.18. The lowest BCUT2D eigenvalue weighted by Gasteiger charge is -2.11. The summed E-state index contributed by atoms with van der Waals surface area (Å²) in [5.74, 6) is -0.327. The summed E-state index contributed by atoms with van der Waals surface area (Å²) in [6.07, 6.45) is 0.877. The maximum Gasteiger partial charge on any atom is 0.263 e. The lowest BCUT2D eigenvalue weighted by atomic mass is 10.2. The minimum atomic E-state index is -4.06. The number of para-hydroxylation sites is 1. The Balaban J connectivity index is 1.91. The highest BCUT2D eigenvalue weighted by molar-refractivity contribution is 7.92. The highest BCUT2D eigenvalue weighted by atomic mass is 32.2. The minimum absolute atomic E-state index is 0.0392. The summed E-state index contributed by atoms with van der Waals surface area (Å²) in [4.78, 5) is 3.44. The van der Waals surface area contributed by atoms with Gasteiger partial charge in [-0.25, -0.2) is 17.8 Å². The van der Waals surface area contributed by atoms with Crippen molar-refractivity contribution >= 4 is 15.8 Å². The van der Waals surface area contributed by atoms with E-state index in [0.717, 1.165) is 18.3 Å². The maximum absolute atomic E-state index is 12.9. The molecule has 3 aromatic rings. The number of anilines is 1. The number of halogens is 1. The van der Waals surface area contributed by atoms with Crippen molar-refractivity contribution in [3.05, 3.63) is 77.7 Å². The summed E-state index contributed by atoms with van der Waals surface area (Å²) >= 11 is 0. The first-order valence-electron chi connectivity index (χ1n) is 7.78. The molecule has 0 unspecified atom stereocenters. The molecule has 0 atom stereocenters. The molecule has 0 bridgehead atoms. The molecular weight excluding hydrogens is 383 g/mol. The van der Waals surface area contributed by atoms with E-state index in [-0.39, 0.29) is 33.3 Å². The summed E-state index contributed by atoms with van der Waals surface area (Å²) in [6.45, 7) is 0. The summed E-state index contributed by atoms with van der Waals surface area (Å²) in [5.41, 5.74) is 0.231. The van der Waals surface area contributed by atoms with Gasteiger partial charge in [-0.3, -0.25) is 4.72 Å². The number of nitriles is 2. The van der Waals surface area contributed by atoms with E-state index in [1.165, 1.54) is 18.2 Å². The molecule has 3 rings (SSSR count). The zero-order valence-electron chi connectivity index (χ0n) is 14.1. The van der Waals surface area contributed by atoms with Crippen LogP contribution in [0.15, 0.2) is 65.7 Å². The second kappa shape index (κ2) is 7.74. The van der Waals surface area contributed by atoms with Crippen LogP contribution in [0.2, 0.25) is 0 Å². The van der Waals surface area contributed by atoms with Crippen molar-refractivity contribution in [3.8, 4) is 23.6 Å². The van der Waals surface area contributed by atoms with E-state index in [4.69, 9.17) is 10.00 Å². The number of rotatable bonds is 5. The van der Waals surface area contributed by atoms with Crippen molar-refractivity contribution in [1.82, 2.24) is 4.98 Å². The van der Waals surface area contributed by atoms with Crippen LogP contribution in [0.3, 0.4) is 0 Å². The molecule has 1 aromatic heterocycles. The zero-order valence-corrected chi connectivity index (χ0v) is 14.9. The highest BCUT2D eigenvalue weighted by Crippen LogP contribution is 2.29. The van der Waals surface area contributed by atoms with Crippen molar-refractivity contribution in [2.75, 3.05) is 4.72 Å². The van der Waals surface area contributed by atoms with Crippen molar-refractivity contribution in [3.63, 3.8) is 0 Å². The van der Waals surface area contributed by atoms with Crippen molar-refractivity contribution in [2.24, 2.45) is 0 Å². The number of ether oxygens (including phenoxy) is 1. The van der Waals surface area contributed by atoms with Gasteiger partial charge in [0.1, 0.15) is 35.3 Å². The van der Waals surface area contributed by atoms with Crippen LogP contribution in [0.4, 0.5) is 10.2 Å². The van der Waals surface area contributed by atoms with Gasteiger partial charge in [-0.1, -0.05) is 12.1 Å². The van der Waals surface area contributed by atoms with E-state index in [1.54, 1.807) is 24.3 Å². The molecule has 0 saturated heterocycles. The van der Waals surface area contributed by atoms with Crippen LogP contribution in [-0.4, -0.2) is 13.4 Å². The molecule has 0 radical (unpaired) electrons. The maximum atomic E-state index is 12.9. The molecule has 0 aliphatic carbocycles. The summed E-state index contributed by atoms with van der Waals surface area (Å²) in [5, 5.41) is 18.5. The Morgan fingerprint density at radius 2 is 1.68 bits per heavy atom. The van der Waals surface area contributed by atoms with Crippen LogP contribution in [0.5, 0.6) is 11.5 Å². The number of aromatic nitrogens is 1. The van der Waals surface area contributed by atoms with E-state index in [9.17, 15) is 18.1 Å². The van der Waals surface area contributed by atoms with Gasteiger partial charge in [0.15, 0.2) is 0 Å². The lowest BCUT2D eigenvalue weighted by Crippen LogP contribution is -2.14. The van der Waals surface area contributed by atoms with Gasteiger partial charge < -0.3 is 4.74 Å². The topological polar surface area (TPSA) is 116 Å². The van der Waals surface area contributed by atoms with E-state index in [2.05, 4.69) is 9.71 Å². The predicted molar refractivity (Wildman–Crippen MR) is 97.4 cm³/mol. The van der Waals surface area contributed by atoms with Gasteiger partial charge in [0.2, 0.25) is 0 Å². The molecule has 0 amide bonds.